The zero-order valence-electron chi connectivity index (χ0n) is 17.0. The molecule has 1 aliphatic heterocycles. The Kier molecular flexibility index (Phi) is 7.48. The zero-order chi connectivity index (χ0) is 21.7. The maximum Gasteiger partial charge on any atom is 0.411 e. The van der Waals surface area contributed by atoms with Crippen LogP contribution >= 0.6 is 11.3 Å². The number of rotatable bonds is 8. The van der Waals surface area contributed by atoms with Gasteiger partial charge in [0.15, 0.2) is 0 Å². The van der Waals surface area contributed by atoms with Crippen LogP contribution < -0.4 is 4.90 Å². The largest absolute Gasteiger partial charge is 0.462 e. The Morgan fingerprint density at radius 2 is 1.97 bits per heavy atom. The molecule has 2 aromatic heterocycles. The van der Waals surface area contributed by atoms with Crippen molar-refractivity contribution in [2.24, 2.45) is 0 Å². The Balaban J connectivity index is 1.58. The standard InChI is InChI=1S/C19H25F3N4O3S/c1-3-29-18(27)15-13(2)14-16(23-12-24-17(14)30-15)26-8-6-25(7-9-26)5-4-10-28-11-19(20,21)22/h12H,3-11H2,1-2H3. The first-order valence-corrected chi connectivity index (χ1v) is 10.6. The molecule has 0 bridgehead atoms. The number of anilines is 1. The summed E-state index contributed by atoms with van der Waals surface area (Å²) < 4.78 is 46.1. The van der Waals surface area contributed by atoms with Gasteiger partial charge in [-0.3, -0.25) is 4.90 Å². The van der Waals surface area contributed by atoms with Crippen LogP contribution in [-0.4, -0.2) is 79.6 Å². The van der Waals surface area contributed by atoms with Gasteiger partial charge in [0.05, 0.1) is 12.0 Å². The normalized spacial score (nSPS) is 15.7. The van der Waals surface area contributed by atoms with E-state index in [0.717, 1.165) is 47.8 Å². The molecule has 0 saturated carbocycles. The predicted octanol–water partition coefficient (Wildman–Crippen LogP) is 3.27. The molecule has 1 fully saturated rings. The first-order chi connectivity index (χ1) is 14.3. The fraction of sp³-hybridized carbons (Fsp3) is 0.632. The van der Waals surface area contributed by atoms with Crippen molar-refractivity contribution in [2.45, 2.75) is 26.4 Å². The molecule has 0 N–H and O–H groups in total. The summed E-state index contributed by atoms with van der Waals surface area (Å²) in [7, 11) is 0. The van der Waals surface area contributed by atoms with Crippen LogP contribution in [0.25, 0.3) is 10.2 Å². The number of alkyl halides is 3. The van der Waals surface area contributed by atoms with Gasteiger partial charge in [-0.1, -0.05) is 0 Å². The third kappa shape index (κ3) is 5.58. The zero-order valence-corrected chi connectivity index (χ0v) is 17.8. The molecular formula is C19H25F3N4O3S. The second-order valence-corrected chi connectivity index (χ2v) is 8.00. The van der Waals surface area contributed by atoms with Crippen molar-refractivity contribution in [3.05, 3.63) is 16.8 Å². The number of thiophene rings is 1. The van der Waals surface area contributed by atoms with Crippen molar-refractivity contribution in [1.82, 2.24) is 14.9 Å². The highest BCUT2D eigenvalue weighted by Crippen LogP contribution is 2.35. The second-order valence-electron chi connectivity index (χ2n) is 7.00. The molecule has 1 saturated heterocycles. The lowest BCUT2D eigenvalue weighted by atomic mass is 10.2. The lowest BCUT2D eigenvalue weighted by Gasteiger charge is -2.35. The quantitative estimate of drug-likeness (QED) is 0.455. The smallest absolute Gasteiger partial charge is 0.411 e. The predicted molar refractivity (Wildman–Crippen MR) is 108 cm³/mol. The number of esters is 1. The van der Waals surface area contributed by atoms with Gasteiger partial charge >= 0.3 is 12.1 Å². The Morgan fingerprint density at radius 3 is 2.63 bits per heavy atom. The van der Waals surface area contributed by atoms with Crippen molar-refractivity contribution in [3.8, 4) is 0 Å². The van der Waals surface area contributed by atoms with Crippen molar-refractivity contribution in [1.29, 1.82) is 0 Å². The number of carbonyl (C=O) groups excluding carboxylic acids is 1. The number of aryl methyl sites for hydroxylation is 1. The Hall–Kier alpha value is -1.98. The monoisotopic (exact) mass is 446 g/mol. The van der Waals surface area contributed by atoms with Crippen LogP contribution in [0.3, 0.4) is 0 Å². The molecule has 2 aromatic rings. The molecule has 11 heteroatoms. The molecule has 30 heavy (non-hydrogen) atoms. The SMILES string of the molecule is CCOC(=O)c1sc2ncnc(N3CCN(CCCOCC(F)(F)F)CC3)c2c1C. The van der Waals surface area contributed by atoms with E-state index < -0.39 is 12.8 Å². The molecule has 0 spiro atoms. The average Bonchev–Trinajstić information content (AvgIpc) is 3.05. The number of fused-ring (bicyclic) bond motifs is 1. The van der Waals surface area contributed by atoms with Crippen LogP contribution in [0.5, 0.6) is 0 Å². The minimum absolute atomic E-state index is 0.0942. The number of halogens is 3. The number of piperazine rings is 1. The van der Waals surface area contributed by atoms with E-state index in [0.29, 0.717) is 24.4 Å². The third-order valence-corrected chi connectivity index (χ3v) is 6.05. The summed E-state index contributed by atoms with van der Waals surface area (Å²) in [5, 5.41) is 0.875. The Bertz CT molecular complexity index is 867. The second kappa shape index (κ2) is 9.88. The third-order valence-electron chi connectivity index (χ3n) is 4.87. The van der Waals surface area contributed by atoms with E-state index in [1.165, 1.54) is 17.7 Å². The molecule has 0 radical (unpaired) electrons. The first kappa shape index (κ1) is 22.7. The van der Waals surface area contributed by atoms with Gasteiger partial charge in [0, 0.05) is 39.3 Å². The van der Waals surface area contributed by atoms with E-state index >= 15 is 0 Å². The Morgan fingerprint density at radius 1 is 1.23 bits per heavy atom. The van der Waals surface area contributed by atoms with E-state index in [9.17, 15) is 18.0 Å². The topological polar surface area (TPSA) is 67.8 Å². The number of hydrogen-bond acceptors (Lipinski definition) is 8. The van der Waals surface area contributed by atoms with Crippen LogP contribution in [0.4, 0.5) is 19.0 Å². The van der Waals surface area contributed by atoms with Gasteiger partial charge in [-0.15, -0.1) is 11.3 Å². The van der Waals surface area contributed by atoms with Gasteiger partial charge in [0.1, 0.15) is 28.5 Å². The van der Waals surface area contributed by atoms with Gasteiger partial charge in [0.2, 0.25) is 0 Å². The van der Waals surface area contributed by atoms with E-state index in [4.69, 9.17) is 4.74 Å². The lowest BCUT2D eigenvalue weighted by Crippen LogP contribution is -2.47. The van der Waals surface area contributed by atoms with E-state index in [1.807, 2.05) is 6.92 Å². The van der Waals surface area contributed by atoms with E-state index in [2.05, 4.69) is 24.5 Å². The summed E-state index contributed by atoms with van der Waals surface area (Å²) in [6.45, 7) is 6.58. The summed E-state index contributed by atoms with van der Waals surface area (Å²) >= 11 is 1.31. The minimum Gasteiger partial charge on any atom is -0.462 e. The molecule has 0 aliphatic carbocycles. The van der Waals surface area contributed by atoms with Crippen molar-refractivity contribution in [2.75, 3.05) is 57.4 Å². The maximum atomic E-state index is 12.2. The fourth-order valence-electron chi connectivity index (χ4n) is 3.45. The molecule has 0 unspecified atom stereocenters. The van der Waals surface area contributed by atoms with Crippen LogP contribution in [0.1, 0.15) is 28.6 Å². The summed E-state index contributed by atoms with van der Waals surface area (Å²) in [5.74, 6) is 0.457. The molecule has 0 atom stereocenters. The van der Waals surface area contributed by atoms with Gasteiger partial charge in [-0.2, -0.15) is 13.2 Å². The van der Waals surface area contributed by atoms with Crippen molar-refractivity contribution in [3.63, 3.8) is 0 Å². The first-order valence-electron chi connectivity index (χ1n) is 9.83. The van der Waals surface area contributed by atoms with Crippen LogP contribution in [-0.2, 0) is 9.47 Å². The van der Waals surface area contributed by atoms with E-state index in [-0.39, 0.29) is 12.6 Å². The average molecular weight is 446 g/mol. The Labute approximate surface area is 176 Å². The van der Waals surface area contributed by atoms with Crippen LogP contribution in [0, 0.1) is 6.92 Å². The van der Waals surface area contributed by atoms with Crippen LogP contribution in [0.15, 0.2) is 6.33 Å². The van der Waals surface area contributed by atoms with Gasteiger partial charge < -0.3 is 14.4 Å². The number of nitrogens with zero attached hydrogens (tertiary/aromatic N) is 4. The lowest BCUT2D eigenvalue weighted by molar-refractivity contribution is -0.174. The molecular weight excluding hydrogens is 421 g/mol. The molecule has 3 heterocycles. The summed E-state index contributed by atoms with van der Waals surface area (Å²) in [6, 6.07) is 0. The molecule has 166 valence electrons. The molecule has 0 amide bonds. The van der Waals surface area contributed by atoms with Crippen molar-refractivity contribution < 1.29 is 27.4 Å². The molecule has 3 rings (SSSR count). The highest BCUT2D eigenvalue weighted by Gasteiger charge is 2.27. The summed E-state index contributed by atoms with van der Waals surface area (Å²) in [6.07, 6.45) is -2.21. The highest BCUT2D eigenvalue weighted by molar-refractivity contribution is 7.20. The number of carbonyl (C=O) groups is 1. The molecule has 0 aromatic carbocycles. The van der Waals surface area contributed by atoms with E-state index in [1.54, 1.807) is 6.92 Å². The number of aromatic nitrogens is 2. The van der Waals surface area contributed by atoms with Gasteiger partial charge in [0.25, 0.3) is 0 Å². The fourth-order valence-corrected chi connectivity index (χ4v) is 4.48. The van der Waals surface area contributed by atoms with Gasteiger partial charge in [-0.05, 0) is 25.8 Å². The van der Waals surface area contributed by atoms with Gasteiger partial charge in [-0.25, -0.2) is 14.8 Å². The van der Waals surface area contributed by atoms with Crippen molar-refractivity contribution >= 4 is 33.3 Å². The van der Waals surface area contributed by atoms with Crippen LogP contribution in [0.2, 0.25) is 0 Å². The summed E-state index contributed by atoms with van der Waals surface area (Å²) in [4.78, 5) is 26.7. The maximum absolute atomic E-state index is 12.2. The minimum atomic E-state index is -4.28. The summed E-state index contributed by atoms with van der Waals surface area (Å²) in [5.41, 5.74) is 0.827. The molecule has 1 aliphatic rings. The number of hydrogen-bond donors (Lipinski definition) is 0. The molecule has 7 nitrogen and oxygen atoms in total. The number of ether oxygens (including phenoxy) is 2. The highest BCUT2D eigenvalue weighted by atomic mass is 32.1.